The molecule has 2 aliphatic heterocycles. The summed E-state index contributed by atoms with van der Waals surface area (Å²) < 4.78 is 5.38. The number of hydrogen-bond donors (Lipinski definition) is 2. The fourth-order valence-electron chi connectivity index (χ4n) is 2.91. The first kappa shape index (κ1) is 16.2. The first-order chi connectivity index (χ1) is 10.1. The maximum atomic E-state index is 10.7. The first-order valence-electron chi connectivity index (χ1n) is 7.24. The maximum absolute atomic E-state index is 10.7. The van der Waals surface area contributed by atoms with Crippen molar-refractivity contribution >= 4 is 17.8 Å². The van der Waals surface area contributed by atoms with Crippen molar-refractivity contribution in [2.75, 3.05) is 26.3 Å². The monoisotopic (exact) mass is 316 g/mol. The van der Waals surface area contributed by atoms with E-state index in [-0.39, 0.29) is 16.9 Å². The van der Waals surface area contributed by atoms with Crippen LogP contribution in [0, 0.1) is 15.5 Å². The van der Waals surface area contributed by atoms with Crippen molar-refractivity contribution in [3.63, 3.8) is 0 Å². The molecule has 118 valence electrons. The molecule has 0 radical (unpaired) electrons. The Bertz CT molecular complexity index is 416. The Balaban J connectivity index is 1.83. The van der Waals surface area contributed by atoms with Crippen molar-refractivity contribution < 1.29 is 9.66 Å². The highest BCUT2D eigenvalue weighted by Crippen LogP contribution is 2.21. The van der Waals surface area contributed by atoms with Crippen molar-refractivity contribution in [3.05, 3.63) is 21.0 Å². The molecular weight excluding hydrogens is 296 g/mol. The highest BCUT2D eigenvalue weighted by atomic mass is 35.5. The molecule has 0 aromatic heterocycles. The van der Waals surface area contributed by atoms with Gasteiger partial charge in [0.15, 0.2) is 5.16 Å². The molecule has 2 heterocycles. The second-order valence-electron chi connectivity index (χ2n) is 5.40. The molecule has 7 nitrogen and oxygen atoms in total. The minimum absolute atomic E-state index is 0.0421. The van der Waals surface area contributed by atoms with Crippen LogP contribution >= 0.6 is 11.6 Å². The number of hydrogen-bond acceptors (Lipinski definition) is 6. The van der Waals surface area contributed by atoms with E-state index in [9.17, 15) is 10.1 Å². The van der Waals surface area contributed by atoms with Crippen molar-refractivity contribution in [3.8, 4) is 0 Å². The van der Waals surface area contributed by atoms with E-state index >= 15 is 0 Å². The van der Waals surface area contributed by atoms with Gasteiger partial charge in [-0.3, -0.25) is 10.1 Å². The molecular formula is C13H21ClN4O3. The lowest BCUT2D eigenvalue weighted by molar-refractivity contribution is -0.415. The number of halogens is 1. The van der Waals surface area contributed by atoms with Gasteiger partial charge in [0, 0.05) is 38.4 Å². The second kappa shape index (κ2) is 7.72. The van der Waals surface area contributed by atoms with E-state index in [2.05, 4.69) is 10.2 Å². The topological polar surface area (TPSA) is 91.5 Å². The molecule has 2 aliphatic rings. The van der Waals surface area contributed by atoms with Crippen LogP contribution in [0.2, 0.25) is 0 Å². The summed E-state index contributed by atoms with van der Waals surface area (Å²) in [6.45, 7) is 3.60. The Morgan fingerprint density at radius 3 is 2.48 bits per heavy atom. The van der Waals surface area contributed by atoms with Gasteiger partial charge in [-0.2, -0.15) is 0 Å². The quantitative estimate of drug-likeness (QED) is 0.347. The summed E-state index contributed by atoms with van der Waals surface area (Å²) in [6, 6.07) is 0.727. The molecule has 21 heavy (non-hydrogen) atoms. The summed E-state index contributed by atoms with van der Waals surface area (Å²) in [5.74, 6) is 0. The summed E-state index contributed by atoms with van der Waals surface area (Å²) in [5.41, 5.74) is -0.386. The third-order valence-corrected chi connectivity index (χ3v) is 4.43. The lowest BCUT2D eigenvalue weighted by Gasteiger charge is -2.39. The second-order valence-corrected chi connectivity index (χ2v) is 5.78. The predicted octanol–water partition coefficient (Wildman–Crippen LogP) is 1.55. The Hall–Kier alpha value is -1.18. The predicted molar refractivity (Wildman–Crippen MR) is 80.2 cm³/mol. The van der Waals surface area contributed by atoms with Gasteiger partial charge in [-0.25, -0.2) is 0 Å². The number of piperidine rings is 1. The van der Waals surface area contributed by atoms with Gasteiger partial charge in [-0.05, 0) is 25.7 Å². The zero-order valence-corrected chi connectivity index (χ0v) is 12.6. The summed E-state index contributed by atoms with van der Waals surface area (Å²) in [4.78, 5) is 12.6. The van der Waals surface area contributed by atoms with Gasteiger partial charge in [0.1, 0.15) is 0 Å². The van der Waals surface area contributed by atoms with Gasteiger partial charge in [0.25, 0.3) is 0 Å². The molecule has 0 spiro atoms. The molecule has 0 saturated carbocycles. The molecule has 8 heteroatoms. The van der Waals surface area contributed by atoms with Gasteiger partial charge in [0.05, 0.1) is 11.1 Å². The van der Waals surface area contributed by atoms with E-state index in [1.807, 2.05) is 0 Å². The van der Waals surface area contributed by atoms with Crippen LogP contribution in [0.3, 0.4) is 0 Å². The van der Waals surface area contributed by atoms with Gasteiger partial charge >= 0.3 is 5.70 Å². The number of nitro groups is 1. The third-order valence-electron chi connectivity index (χ3n) is 4.13. The van der Waals surface area contributed by atoms with Crippen LogP contribution < -0.4 is 5.32 Å². The van der Waals surface area contributed by atoms with E-state index in [0.717, 1.165) is 52.0 Å². The first-order valence-corrected chi connectivity index (χ1v) is 7.62. The number of rotatable bonds is 5. The number of nitrogens with zero attached hydrogens (tertiary/aromatic N) is 2. The molecule has 0 aromatic carbocycles. The average Bonchev–Trinajstić information content (AvgIpc) is 2.49. The summed E-state index contributed by atoms with van der Waals surface area (Å²) >= 11 is 5.91. The van der Waals surface area contributed by atoms with Crippen molar-refractivity contribution in [1.29, 1.82) is 5.41 Å². The van der Waals surface area contributed by atoms with Gasteiger partial charge in [-0.15, -0.1) is 0 Å². The smallest absolute Gasteiger partial charge is 0.321 e. The molecule has 2 N–H and O–H groups in total. The molecule has 2 saturated heterocycles. The minimum Gasteiger partial charge on any atom is -0.381 e. The summed E-state index contributed by atoms with van der Waals surface area (Å²) in [7, 11) is 0. The van der Waals surface area contributed by atoms with E-state index in [1.54, 1.807) is 0 Å². The maximum Gasteiger partial charge on any atom is 0.321 e. The fourth-order valence-corrected chi connectivity index (χ4v) is 3.19. The van der Waals surface area contributed by atoms with Crippen LogP contribution in [0.4, 0.5) is 0 Å². The van der Waals surface area contributed by atoms with E-state index in [0.29, 0.717) is 12.3 Å². The lowest BCUT2D eigenvalue weighted by atomic mass is 10.00. The van der Waals surface area contributed by atoms with E-state index in [4.69, 9.17) is 21.7 Å². The Morgan fingerprint density at radius 2 is 1.95 bits per heavy atom. The summed E-state index contributed by atoms with van der Waals surface area (Å²) in [5, 5.41) is 20.7. The molecule has 0 bridgehead atoms. The van der Waals surface area contributed by atoms with Crippen molar-refractivity contribution in [2.24, 2.45) is 0 Å². The Morgan fingerprint density at radius 1 is 1.33 bits per heavy atom. The van der Waals surface area contributed by atoms with Crippen molar-refractivity contribution in [2.45, 2.75) is 37.8 Å². The van der Waals surface area contributed by atoms with E-state index < -0.39 is 4.92 Å². The van der Waals surface area contributed by atoms with Crippen LogP contribution in [0.5, 0.6) is 0 Å². The number of nitrogens with one attached hydrogen (secondary N) is 2. The van der Waals surface area contributed by atoms with Crippen LogP contribution in [0.25, 0.3) is 0 Å². The lowest BCUT2D eigenvalue weighted by Crippen LogP contribution is -2.48. The number of likely N-dealkylation sites (tertiary alicyclic amines) is 1. The summed E-state index contributed by atoms with van der Waals surface area (Å²) in [6.07, 6.45) is 4.63. The molecule has 0 atom stereocenters. The SMILES string of the molecule is N=C/C(=C(/Cl)NC1CCN(C2CCOCC2)CC1)[N+](=O)[O-]. The standard InChI is InChI=1S/C13H21ClN4O3/c14-13(12(9-15)18(19)20)16-10-1-5-17(6-2-10)11-3-7-21-8-4-11/h9-11,15-16H,1-8H2/b13-12+,15-9?. The highest BCUT2D eigenvalue weighted by molar-refractivity contribution is 6.30. The molecule has 0 amide bonds. The van der Waals surface area contributed by atoms with Crippen LogP contribution in [0.15, 0.2) is 10.9 Å². The van der Waals surface area contributed by atoms with Crippen molar-refractivity contribution in [1.82, 2.24) is 10.2 Å². The van der Waals surface area contributed by atoms with Gasteiger partial charge in [0.2, 0.25) is 0 Å². The average molecular weight is 317 g/mol. The minimum atomic E-state index is -0.639. The molecule has 0 unspecified atom stereocenters. The molecule has 0 aliphatic carbocycles. The van der Waals surface area contributed by atoms with Gasteiger partial charge in [-0.1, -0.05) is 11.6 Å². The number of allylic oxidation sites excluding steroid dienone is 1. The number of ether oxygens (including phenoxy) is 1. The Labute approximate surface area is 128 Å². The largest absolute Gasteiger partial charge is 0.381 e. The molecule has 2 rings (SSSR count). The normalized spacial score (nSPS) is 23.5. The zero-order valence-electron chi connectivity index (χ0n) is 11.9. The van der Waals surface area contributed by atoms with Crippen LogP contribution in [-0.4, -0.2) is 54.4 Å². The Kier molecular flexibility index (Phi) is 5.96. The third kappa shape index (κ3) is 4.39. The van der Waals surface area contributed by atoms with Gasteiger partial charge < -0.3 is 20.4 Å². The molecule has 2 fully saturated rings. The van der Waals surface area contributed by atoms with Crippen LogP contribution in [0.1, 0.15) is 25.7 Å². The zero-order chi connectivity index (χ0) is 15.2. The van der Waals surface area contributed by atoms with Crippen LogP contribution in [-0.2, 0) is 4.74 Å². The fraction of sp³-hybridized carbons (Fsp3) is 0.769. The highest BCUT2D eigenvalue weighted by Gasteiger charge is 2.27. The molecule has 0 aromatic rings. The van der Waals surface area contributed by atoms with E-state index in [1.165, 1.54) is 0 Å².